The van der Waals surface area contributed by atoms with E-state index in [1.807, 2.05) is 0 Å². The van der Waals surface area contributed by atoms with Gasteiger partial charge in [-0.1, -0.05) is 11.6 Å². The van der Waals surface area contributed by atoms with E-state index in [1.165, 1.54) is 18.2 Å². The van der Waals surface area contributed by atoms with Gasteiger partial charge in [-0.05, 0) is 30.3 Å². The van der Waals surface area contributed by atoms with Gasteiger partial charge in [0.15, 0.2) is 0 Å². The molecular weight excluding hydrogens is 289 g/mol. The Morgan fingerprint density at radius 3 is 2.50 bits per heavy atom. The summed E-state index contributed by atoms with van der Waals surface area (Å²) in [5, 5.41) is 20.0. The van der Waals surface area contributed by atoms with Gasteiger partial charge in [0.2, 0.25) is 0 Å². The van der Waals surface area contributed by atoms with Crippen molar-refractivity contribution >= 4 is 23.3 Å². The second-order valence-electron chi connectivity index (χ2n) is 3.92. The van der Waals surface area contributed by atoms with Crippen LogP contribution in [-0.4, -0.2) is 16.0 Å². The summed E-state index contributed by atoms with van der Waals surface area (Å²) < 4.78 is 13.3. The van der Waals surface area contributed by atoms with Crippen LogP contribution in [0.1, 0.15) is 10.4 Å². The molecule has 0 saturated carbocycles. The van der Waals surface area contributed by atoms with Crippen molar-refractivity contribution in [2.45, 2.75) is 0 Å². The Bertz CT molecular complexity index is 718. The molecule has 2 aromatic rings. The van der Waals surface area contributed by atoms with Gasteiger partial charge >= 0.3 is 5.97 Å². The molecule has 0 aromatic heterocycles. The fourth-order valence-corrected chi connectivity index (χ4v) is 1.97. The zero-order valence-corrected chi connectivity index (χ0v) is 10.6. The van der Waals surface area contributed by atoms with Crippen LogP contribution in [0.4, 0.5) is 10.1 Å². The summed E-state index contributed by atoms with van der Waals surface area (Å²) >= 11 is 5.90. The van der Waals surface area contributed by atoms with Gasteiger partial charge in [-0.25, -0.2) is 9.18 Å². The number of halogens is 2. The number of carbonyl (C=O) groups is 1. The molecular formula is C13H7ClFNO4. The van der Waals surface area contributed by atoms with E-state index in [4.69, 9.17) is 16.7 Å². The molecule has 0 fully saturated rings. The molecule has 0 heterocycles. The Kier molecular flexibility index (Phi) is 3.67. The molecule has 0 radical (unpaired) electrons. The fourth-order valence-electron chi connectivity index (χ4n) is 1.75. The lowest BCUT2D eigenvalue weighted by Crippen LogP contribution is -2.00. The van der Waals surface area contributed by atoms with E-state index in [0.717, 1.165) is 18.2 Å². The van der Waals surface area contributed by atoms with Gasteiger partial charge in [-0.2, -0.15) is 0 Å². The Morgan fingerprint density at radius 2 is 1.90 bits per heavy atom. The quantitative estimate of drug-likeness (QED) is 0.690. The largest absolute Gasteiger partial charge is 0.478 e. The van der Waals surface area contributed by atoms with Crippen LogP contribution >= 0.6 is 11.6 Å². The molecule has 7 heteroatoms. The maximum Gasteiger partial charge on any atom is 0.335 e. The summed E-state index contributed by atoms with van der Waals surface area (Å²) in [6.45, 7) is 0. The van der Waals surface area contributed by atoms with Crippen LogP contribution in [0.5, 0.6) is 0 Å². The number of nitrogens with zero attached hydrogens (tertiary/aromatic N) is 1. The molecule has 102 valence electrons. The Labute approximate surface area is 117 Å². The first-order valence-corrected chi connectivity index (χ1v) is 5.75. The minimum absolute atomic E-state index is 0.0597. The minimum Gasteiger partial charge on any atom is -0.478 e. The second kappa shape index (κ2) is 5.26. The Balaban J connectivity index is 2.70. The maximum atomic E-state index is 13.3. The molecule has 0 aliphatic carbocycles. The van der Waals surface area contributed by atoms with E-state index in [-0.39, 0.29) is 21.7 Å². The van der Waals surface area contributed by atoms with Gasteiger partial charge in [-0.15, -0.1) is 0 Å². The van der Waals surface area contributed by atoms with Crippen LogP contribution in [0.2, 0.25) is 5.02 Å². The van der Waals surface area contributed by atoms with Crippen LogP contribution in [-0.2, 0) is 0 Å². The van der Waals surface area contributed by atoms with Crippen LogP contribution in [0.15, 0.2) is 36.4 Å². The number of carboxylic acid groups (broad SMARTS) is 1. The zero-order chi connectivity index (χ0) is 14.9. The van der Waals surface area contributed by atoms with Crippen molar-refractivity contribution in [1.29, 1.82) is 0 Å². The summed E-state index contributed by atoms with van der Waals surface area (Å²) in [6.07, 6.45) is 0. The monoisotopic (exact) mass is 295 g/mol. The number of hydrogen-bond donors (Lipinski definition) is 1. The van der Waals surface area contributed by atoms with E-state index in [9.17, 15) is 19.3 Å². The van der Waals surface area contributed by atoms with Crippen LogP contribution < -0.4 is 0 Å². The third-order valence-electron chi connectivity index (χ3n) is 2.66. The van der Waals surface area contributed by atoms with Gasteiger partial charge in [0, 0.05) is 16.7 Å². The summed E-state index contributed by atoms with van der Waals surface area (Å²) in [7, 11) is 0. The Morgan fingerprint density at radius 1 is 1.20 bits per heavy atom. The van der Waals surface area contributed by atoms with Crippen molar-refractivity contribution < 1.29 is 19.2 Å². The topological polar surface area (TPSA) is 80.4 Å². The maximum absolute atomic E-state index is 13.3. The fraction of sp³-hybridized carbons (Fsp3) is 0. The molecule has 0 atom stereocenters. The first kappa shape index (κ1) is 14.0. The number of benzene rings is 2. The summed E-state index contributed by atoms with van der Waals surface area (Å²) in [5.74, 6) is -1.88. The molecule has 0 aliphatic rings. The number of aromatic carboxylic acids is 1. The van der Waals surface area contributed by atoms with Crippen molar-refractivity contribution in [3.8, 4) is 11.1 Å². The lowest BCUT2D eigenvalue weighted by atomic mass is 10.0. The van der Waals surface area contributed by atoms with Gasteiger partial charge in [0.05, 0.1) is 16.1 Å². The summed E-state index contributed by atoms with van der Waals surface area (Å²) in [6, 6.07) is 6.82. The van der Waals surface area contributed by atoms with Crippen LogP contribution in [0.25, 0.3) is 11.1 Å². The van der Waals surface area contributed by atoms with Crippen molar-refractivity contribution in [1.82, 2.24) is 0 Å². The minimum atomic E-state index is -1.29. The molecule has 0 unspecified atom stereocenters. The first-order valence-electron chi connectivity index (χ1n) is 5.37. The Hall–Kier alpha value is -2.47. The first-order chi connectivity index (χ1) is 9.40. The predicted molar refractivity (Wildman–Crippen MR) is 70.5 cm³/mol. The van der Waals surface area contributed by atoms with Crippen molar-refractivity contribution in [3.63, 3.8) is 0 Å². The zero-order valence-electron chi connectivity index (χ0n) is 9.84. The van der Waals surface area contributed by atoms with E-state index in [0.29, 0.717) is 0 Å². The van der Waals surface area contributed by atoms with Crippen molar-refractivity contribution in [2.75, 3.05) is 0 Å². The molecule has 1 N–H and O–H groups in total. The highest BCUT2D eigenvalue weighted by Crippen LogP contribution is 2.35. The summed E-state index contributed by atoms with van der Waals surface area (Å²) in [4.78, 5) is 21.1. The van der Waals surface area contributed by atoms with Gasteiger partial charge in [0.25, 0.3) is 5.69 Å². The van der Waals surface area contributed by atoms with Gasteiger partial charge < -0.3 is 5.11 Å². The highest BCUT2D eigenvalue weighted by atomic mass is 35.5. The predicted octanol–water partition coefficient (Wildman–Crippen LogP) is 3.75. The van der Waals surface area contributed by atoms with E-state index >= 15 is 0 Å². The van der Waals surface area contributed by atoms with E-state index in [2.05, 4.69) is 0 Å². The number of nitro benzene ring substituents is 1. The smallest absolute Gasteiger partial charge is 0.335 e. The van der Waals surface area contributed by atoms with Gasteiger partial charge in [-0.3, -0.25) is 10.1 Å². The average molecular weight is 296 g/mol. The molecule has 2 aromatic carbocycles. The van der Waals surface area contributed by atoms with Crippen LogP contribution in [0, 0.1) is 15.9 Å². The third kappa shape index (κ3) is 2.60. The molecule has 0 aliphatic heterocycles. The average Bonchev–Trinajstić information content (AvgIpc) is 2.40. The van der Waals surface area contributed by atoms with Gasteiger partial charge in [0.1, 0.15) is 5.82 Å². The molecule has 0 amide bonds. The lowest BCUT2D eigenvalue weighted by Gasteiger charge is -2.06. The second-order valence-corrected chi connectivity index (χ2v) is 4.33. The van der Waals surface area contributed by atoms with E-state index < -0.39 is 22.4 Å². The standard InChI is InChI=1S/C13H7ClFNO4/c14-11-4-2-8(15)6-10(11)9-3-1-7(13(17)18)5-12(9)16(19)20/h1-6H,(H,17,18). The number of rotatable bonds is 3. The summed E-state index contributed by atoms with van der Waals surface area (Å²) in [5.41, 5.74) is -0.481. The molecule has 0 bridgehead atoms. The molecule has 2 rings (SSSR count). The normalized spacial score (nSPS) is 10.3. The van der Waals surface area contributed by atoms with Crippen molar-refractivity contribution in [2.24, 2.45) is 0 Å². The number of hydrogen-bond acceptors (Lipinski definition) is 3. The highest BCUT2D eigenvalue weighted by Gasteiger charge is 2.20. The van der Waals surface area contributed by atoms with E-state index in [1.54, 1.807) is 0 Å². The SMILES string of the molecule is O=C(O)c1ccc(-c2cc(F)ccc2Cl)c([N+](=O)[O-])c1. The van der Waals surface area contributed by atoms with Crippen LogP contribution in [0.3, 0.4) is 0 Å². The lowest BCUT2D eigenvalue weighted by molar-refractivity contribution is -0.384. The molecule has 0 spiro atoms. The number of carboxylic acids is 1. The third-order valence-corrected chi connectivity index (χ3v) is 2.99. The molecule has 20 heavy (non-hydrogen) atoms. The highest BCUT2D eigenvalue weighted by molar-refractivity contribution is 6.33. The molecule has 0 saturated heterocycles. The van der Waals surface area contributed by atoms with Crippen molar-refractivity contribution in [3.05, 3.63) is 62.9 Å². The molecule has 5 nitrogen and oxygen atoms in total. The number of nitro groups is 1.